The van der Waals surface area contributed by atoms with Gasteiger partial charge in [0.2, 0.25) is 11.8 Å². The van der Waals surface area contributed by atoms with E-state index in [2.05, 4.69) is 9.38 Å². The molecule has 0 aliphatic carbocycles. The summed E-state index contributed by atoms with van der Waals surface area (Å²) in [4.78, 5) is 33.1. The molecule has 0 spiro atoms. The minimum Gasteiger partial charge on any atom is -0.497 e. The summed E-state index contributed by atoms with van der Waals surface area (Å²) >= 11 is 0. The molecular weight excluding hydrogens is 392 g/mol. The van der Waals surface area contributed by atoms with Crippen molar-refractivity contribution in [3.63, 3.8) is 0 Å². The quantitative estimate of drug-likeness (QED) is 0.637. The molecule has 0 bridgehead atoms. The molecule has 3 heterocycles. The number of methoxy groups -OCH3 is 1. The number of hydrogen-bond acceptors (Lipinski definition) is 4. The first-order chi connectivity index (χ1) is 15.0. The number of amides is 2. The summed E-state index contributed by atoms with van der Waals surface area (Å²) in [5, 5.41) is 0. The zero-order valence-corrected chi connectivity index (χ0v) is 18.2. The lowest BCUT2D eigenvalue weighted by Gasteiger charge is -2.35. The molecule has 162 valence electrons. The van der Waals surface area contributed by atoms with Crippen molar-refractivity contribution in [3.8, 4) is 5.75 Å². The highest BCUT2D eigenvalue weighted by molar-refractivity contribution is 5.79. The molecule has 2 amide bonds. The lowest BCUT2D eigenvalue weighted by atomic mass is 9.91. The van der Waals surface area contributed by atoms with Gasteiger partial charge in [0.1, 0.15) is 11.4 Å². The third-order valence-corrected chi connectivity index (χ3v) is 6.07. The van der Waals surface area contributed by atoms with E-state index in [1.807, 2.05) is 60.6 Å². The van der Waals surface area contributed by atoms with Crippen LogP contribution in [0.25, 0.3) is 5.65 Å². The normalized spacial score (nSPS) is 15.2. The fraction of sp³-hybridized carbons (Fsp3) is 0.375. The predicted molar refractivity (Wildman–Crippen MR) is 118 cm³/mol. The van der Waals surface area contributed by atoms with Crippen LogP contribution in [0.3, 0.4) is 0 Å². The molecule has 0 radical (unpaired) electrons. The van der Waals surface area contributed by atoms with Gasteiger partial charge in [-0.3, -0.25) is 9.59 Å². The predicted octanol–water partition coefficient (Wildman–Crippen LogP) is 2.86. The van der Waals surface area contributed by atoms with Crippen LogP contribution in [-0.2, 0) is 9.59 Å². The summed E-state index contributed by atoms with van der Waals surface area (Å²) in [5.41, 5.74) is 3.97. The molecule has 7 heteroatoms. The molecule has 1 atom stereocenters. The first kappa shape index (κ1) is 20.9. The highest BCUT2D eigenvalue weighted by Gasteiger charge is 2.28. The number of carbonyl (C=O) groups is 2. The van der Waals surface area contributed by atoms with Crippen LogP contribution in [0.1, 0.15) is 36.1 Å². The Morgan fingerprint density at radius 1 is 1.10 bits per heavy atom. The van der Waals surface area contributed by atoms with Gasteiger partial charge in [-0.15, -0.1) is 0 Å². The van der Waals surface area contributed by atoms with Gasteiger partial charge < -0.3 is 18.9 Å². The summed E-state index contributed by atoms with van der Waals surface area (Å²) in [6.45, 7) is 5.90. The van der Waals surface area contributed by atoms with E-state index in [1.54, 1.807) is 18.9 Å². The van der Waals surface area contributed by atoms with E-state index in [9.17, 15) is 9.59 Å². The Balaban J connectivity index is 1.65. The Morgan fingerprint density at radius 3 is 2.55 bits per heavy atom. The Hall–Kier alpha value is -3.35. The number of pyridine rings is 1. The van der Waals surface area contributed by atoms with Crippen LogP contribution in [0.2, 0.25) is 0 Å². The van der Waals surface area contributed by atoms with Gasteiger partial charge in [0.15, 0.2) is 0 Å². The van der Waals surface area contributed by atoms with E-state index < -0.39 is 0 Å². The molecule has 31 heavy (non-hydrogen) atoms. The van der Waals surface area contributed by atoms with Gasteiger partial charge in [-0.05, 0) is 36.2 Å². The van der Waals surface area contributed by atoms with Gasteiger partial charge in [-0.25, -0.2) is 4.98 Å². The average Bonchev–Trinajstić information content (AvgIpc) is 3.22. The number of ether oxygens (including phenoxy) is 1. The van der Waals surface area contributed by atoms with Crippen molar-refractivity contribution >= 4 is 17.5 Å². The molecular formula is C24H28N4O3. The third kappa shape index (κ3) is 4.26. The van der Waals surface area contributed by atoms with Gasteiger partial charge in [-0.2, -0.15) is 0 Å². The maximum atomic E-state index is 13.3. The van der Waals surface area contributed by atoms with Crippen molar-refractivity contribution in [3.05, 3.63) is 65.6 Å². The second-order valence-corrected chi connectivity index (χ2v) is 7.99. The van der Waals surface area contributed by atoms with E-state index in [0.717, 1.165) is 28.2 Å². The van der Waals surface area contributed by atoms with Crippen LogP contribution < -0.4 is 4.74 Å². The molecule has 1 aliphatic rings. The number of fused-ring (bicyclic) bond motifs is 1. The minimum atomic E-state index is -0.162. The Kier molecular flexibility index (Phi) is 5.93. The van der Waals surface area contributed by atoms with Gasteiger partial charge in [0.05, 0.1) is 12.8 Å². The monoisotopic (exact) mass is 420 g/mol. The molecule has 1 aromatic carbocycles. The van der Waals surface area contributed by atoms with Crippen LogP contribution in [-0.4, -0.2) is 64.3 Å². The highest BCUT2D eigenvalue weighted by atomic mass is 16.5. The number of rotatable bonds is 5. The fourth-order valence-electron chi connectivity index (χ4n) is 4.25. The Bertz CT molecular complexity index is 1100. The molecule has 3 aromatic rings. The largest absolute Gasteiger partial charge is 0.497 e. The van der Waals surface area contributed by atoms with E-state index in [1.165, 1.54) is 0 Å². The first-order valence-electron chi connectivity index (χ1n) is 10.6. The molecule has 2 aromatic heterocycles. The highest BCUT2D eigenvalue weighted by Crippen LogP contribution is 2.32. The smallest absolute Gasteiger partial charge is 0.223 e. The van der Waals surface area contributed by atoms with Crippen LogP contribution in [0.4, 0.5) is 0 Å². The number of piperazine rings is 1. The van der Waals surface area contributed by atoms with E-state index in [4.69, 9.17) is 4.74 Å². The summed E-state index contributed by atoms with van der Waals surface area (Å²) in [6.07, 6.45) is 4.19. The zero-order chi connectivity index (χ0) is 22.0. The lowest BCUT2D eigenvalue weighted by molar-refractivity contribution is -0.138. The molecule has 1 aliphatic heterocycles. The van der Waals surface area contributed by atoms with E-state index in [0.29, 0.717) is 32.6 Å². The van der Waals surface area contributed by atoms with Crippen LogP contribution in [0, 0.1) is 6.92 Å². The van der Waals surface area contributed by atoms with Crippen molar-refractivity contribution in [1.29, 1.82) is 0 Å². The van der Waals surface area contributed by atoms with Crippen molar-refractivity contribution in [1.82, 2.24) is 19.2 Å². The Morgan fingerprint density at radius 2 is 1.84 bits per heavy atom. The standard InChI is InChI=1S/C24H28N4O3/c1-17-6-5-9-28-22(16-25-24(17)28)21(19-7-4-8-20(14-19)31-3)15-23(30)27-12-10-26(11-13-27)18(2)29/h4-9,14,16,21H,10-13,15H2,1-3H3. The molecule has 4 rings (SSSR count). The van der Waals surface area contributed by atoms with Gasteiger partial charge in [0, 0.05) is 57.8 Å². The van der Waals surface area contributed by atoms with Gasteiger partial charge >= 0.3 is 0 Å². The van der Waals surface area contributed by atoms with Gasteiger partial charge in [0.25, 0.3) is 0 Å². The van der Waals surface area contributed by atoms with Crippen LogP contribution >= 0.6 is 0 Å². The molecule has 7 nitrogen and oxygen atoms in total. The number of aryl methyl sites for hydroxylation is 1. The van der Waals surface area contributed by atoms with Crippen LogP contribution in [0.15, 0.2) is 48.8 Å². The second-order valence-electron chi connectivity index (χ2n) is 7.99. The van der Waals surface area contributed by atoms with Crippen molar-refractivity contribution in [2.45, 2.75) is 26.2 Å². The zero-order valence-electron chi connectivity index (χ0n) is 18.2. The van der Waals surface area contributed by atoms with Crippen molar-refractivity contribution in [2.75, 3.05) is 33.3 Å². The minimum absolute atomic E-state index is 0.0578. The summed E-state index contributed by atoms with van der Waals surface area (Å²) in [6, 6.07) is 11.9. The Labute approximate surface area is 182 Å². The van der Waals surface area contributed by atoms with E-state index in [-0.39, 0.29) is 17.7 Å². The number of carbonyl (C=O) groups excluding carboxylic acids is 2. The maximum absolute atomic E-state index is 13.3. The molecule has 1 saturated heterocycles. The maximum Gasteiger partial charge on any atom is 0.223 e. The lowest BCUT2D eigenvalue weighted by Crippen LogP contribution is -2.50. The van der Waals surface area contributed by atoms with Gasteiger partial charge in [-0.1, -0.05) is 18.2 Å². The second kappa shape index (κ2) is 8.79. The molecule has 1 unspecified atom stereocenters. The van der Waals surface area contributed by atoms with E-state index >= 15 is 0 Å². The average molecular weight is 421 g/mol. The number of benzene rings is 1. The van der Waals surface area contributed by atoms with Crippen molar-refractivity contribution < 1.29 is 14.3 Å². The summed E-state index contributed by atoms with van der Waals surface area (Å²) < 4.78 is 7.50. The third-order valence-electron chi connectivity index (χ3n) is 6.07. The SMILES string of the molecule is COc1cccc(C(CC(=O)N2CCN(C(C)=O)CC2)c2cnc3c(C)cccn23)c1. The topological polar surface area (TPSA) is 67.2 Å². The molecule has 0 N–H and O–H groups in total. The first-order valence-corrected chi connectivity index (χ1v) is 10.6. The summed E-state index contributed by atoms with van der Waals surface area (Å²) in [5.74, 6) is 0.737. The molecule has 0 saturated carbocycles. The van der Waals surface area contributed by atoms with Crippen molar-refractivity contribution in [2.24, 2.45) is 0 Å². The van der Waals surface area contributed by atoms with Crippen LogP contribution in [0.5, 0.6) is 5.75 Å². The summed E-state index contributed by atoms with van der Waals surface area (Å²) in [7, 11) is 1.64. The molecule has 1 fully saturated rings. The number of aromatic nitrogens is 2. The fourth-order valence-corrected chi connectivity index (χ4v) is 4.25. The number of nitrogens with zero attached hydrogens (tertiary/aromatic N) is 4. The number of imidazole rings is 1. The number of hydrogen-bond donors (Lipinski definition) is 0.